The highest BCUT2D eigenvalue weighted by Crippen LogP contribution is 2.47. The van der Waals surface area contributed by atoms with Crippen molar-refractivity contribution < 1.29 is 14.2 Å². The van der Waals surface area contributed by atoms with Crippen molar-refractivity contribution in [3.63, 3.8) is 0 Å². The van der Waals surface area contributed by atoms with Crippen molar-refractivity contribution in [3.8, 4) is 22.6 Å². The number of ether oxygens (including phenoxy) is 3. The molecule has 0 aromatic heterocycles. The van der Waals surface area contributed by atoms with E-state index in [1.54, 1.807) is 0 Å². The molecule has 0 spiro atoms. The summed E-state index contributed by atoms with van der Waals surface area (Å²) in [6.07, 6.45) is 7.33. The molecule has 212 valence electrons. The summed E-state index contributed by atoms with van der Waals surface area (Å²) in [5, 5.41) is 0. The van der Waals surface area contributed by atoms with Crippen molar-refractivity contribution in [2.75, 3.05) is 13.2 Å². The highest BCUT2D eigenvalue weighted by Gasteiger charge is 2.36. The molecule has 0 amide bonds. The molecule has 3 nitrogen and oxygen atoms in total. The Morgan fingerprint density at radius 1 is 0.683 bits per heavy atom. The van der Waals surface area contributed by atoms with Crippen LogP contribution in [0, 0.1) is 0 Å². The molecule has 2 aliphatic rings. The molecule has 0 bridgehead atoms. The van der Waals surface area contributed by atoms with Gasteiger partial charge < -0.3 is 14.2 Å². The maximum absolute atomic E-state index is 6.64. The smallest absolute Gasteiger partial charge is 0.211 e. The van der Waals surface area contributed by atoms with E-state index in [0.29, 0.717) is 25.0 Å². The van der Waals surface area contributed by atoms with Crippen LogP contribution >= 0.6 is 0 Å². The molecule has 1 fully saturated rings. The van der Waals surface area contributed by atoms with Crippen molar-refractivity contribution in [3.05, 3.63) is 119 Å². The minimum Gasteiger partial charge on any atom is -0.491 e. The zero-order valence-electron chi connectivity index (χ0n) is 24.4. The van der Waals surface area contributed by atoms with Gasteiger partial charge in [-0.3, -0.25) is 0 Å². The van der Waals surface area contributed by atoms with Gasteiger partial charge in [-0.25, -0.2) is 0 Å². The standard InChI is InChI=1S/C38H42O3/c1-3-27(2)28-17-23-32(24-18-28)41-38(37-35-15-9-7-13-33(35)34-14-8-10-16-36(34)37)40-26-25-39-31-21-19-30(20-22-31)29-11-5-4-6-12-29/h7-10,13-24,27,29,37-38H,3-6,11-12,25-26H2,1-2H3. The normalized spacial score (nSPS) is 16.5. The lowest BCUT2D eigenvalue weighted by Gasteiger charge is -2.27. The van der Waals surface area contributed by atoms with E-state index in [0.717, 1.165) is 17.9 Å². The zero-order chi connectivity index (χ0) is 28.0. The third-order valence-electron chi connectivity index (χ3n) is 9.06. The van der Waals surface area contributed by atoms with Gasteiger partial charge in [0.1, 0.15) is 18.1 Å². The van der Waals surface area contributed by atoms with Gasteiger partial charge >= 0.3 is 0 Å². The third kappa shape index (κ3) is 6.21. The second-order valence-corrected chi connectivity index (χ2v) is 11.6. The van der Waals surface area contributed by atoms with Gasteiger partial charge in [0.25, 0.3) is 0 Å². The fraction of sp³-hybridized carbons (Fsp3) is 0.368. The first kappa shape index (κ1) is 27.6. The number of rotatable bonds is 11. The largest absolute Gasteiger partial charge is 0.491 e. The van der Waals surface area contributed by atoms with Crippen molar-refractivity contribution in [2.24, 2.45) is 0 Å². The second-order valence-electron chi connectivity index (χ2n) is 11.6. The average molecular weight is 547 g/mol. The Kier molecular flexibility index (Phi) is 8.72. The molecule has 0 saturated heterocycles. The van der Waals surface area contributed by atoms with Gasteiger partial charge in [-0.05, 0) is 88.7 Å². The van der Waals surface area contributed by atoms with Crippen LogP contribution in [0.5, 0.6) is 11.5 Å². The first-order chi connectivity index (χ1) is 20.2. The van der Waals surface area contributed by atoms with E-state index < -0.39 is 6.29 Å². The summed E-state index contributed by atoms with van der Waals surface area (Å²) < 4.78 is 19.3. The summed E-state index contributed by atoms with van der Waals surface area (Å²) in [6.45, 7) is 5.38. The van der Waals surface area contributed by atoms with Gasteiger partial charge in [0.15, 0.2) is 0 Å². The van der Waals surface area contributed by atoms with Crippen molar-refractivity contribution >= 4 is 0 Å². The molecule has 0 heterocycles. The van der Waals surface area contributed by atoms with Crippen molar-refractivity contribution in [1.82, 2.24) is 0 Å². The Morgan fingerprint density at radius 2 is 1.29 bits per heavy atom. The van der Waals surface area contributed by atoms with Crippen LogP contribution in [0.25, 0.3) is 11.1 Å². The summed E-state index contributed by atoms with van der Waals surface area (Å²) in [7, 11) is 0. The van der Waals surface area contributed by atoms with Crippen LogP contribution in [0.3, 0.4) is 0 Å². The maximum atomic E-state index is 6.64. The summed E-state index contributed by atoms with van der Waals surface area (Å²) in [4.78, 5) is 0. The molecule has 2 atom stereocenters. The maximum Gasteiger partial charge on any atom is 0.211 e. The lowest BCUT2D eigenvalue weighted by atomic mass is 9.84. The van der Waals surface area contributed by atoms with E-state index in [-0.39, 0.29) is 5.92 Å². The first-order valence-corrected chi connectivity index (χ1v) is 15.5. The Bertz CT molecular complexity index is 1360. The number of hydrogen-bond donors (Lipinski definition) is 0. The Morgan fingerprint density at radius 3 is 1.93 bits per heavy atom. The molecule has 2 unspecified atom stereocenters. The minimum absolute atomic E-state index is 0.0218. The molecule has 0 aliphatic heterocycles. The van der Waals surface area contributed by atoms with Crippen LogP contribution in [0.15, 0.2) is 97.1 Å². The van der Waals surface area contributed by atoms with Crippen LogP contribution in [0.1, 0.15) is 92.4 Å². The monoisotopic (exact) mass is 546 g/mol. The van der Waals surface area contributed by atoms with E-state index >= 15 is 0 Å². The predicted molar refractivity (Wildman–Crippen MR) is 167 cm³/mol. The zero-order valence-corrected chi connectivity index (χ0v) is 24.4. The van der Waals surface area contributed by atoms with Crippen LogP contribution < -0.4 is 9.47 Å². The lowest BCUT2D eigenvalue weighted by Crippen LogP contribution is -2.30. The average Bonchev–Trinajstić information content (AvgIpc) is 3.37. The molecule has 1 saturated carbocycles. The second kappa shape index (κ2) is 13.0. The van der Waals surface area contributed by atoms with Gasteiger partial charge in [-0.2, -0.15) is 0 Å². The Balaban J connectivity index is 1.17. The summed E-state index contributed by atoms with van der Waals surface area (Å²) in [5.74, 6) is 2.92. The molecule has 3 heteroatoms. The Labute approximate surface area is 245 Å². The highest BCUT2D eigenvalue weighted by atomic mass is 16.7. The molecule has 41 heavy (non-hydrogen) atoms. The SMILES string of the molecule is CCC(C)c1ccc(OC(OCCOc2ccc(C3CCCCC3)cc2)C2c3ccccc3-c3ccccc32)cc1. The molecular weight excluding hydrogens is 504 g/mol. The number of benzene rings is 4. The fourth-order valence-electron chi connectivity index (χ4n) is 6.53. The van der Waals surface area contributed by atoms with Gasteiger partial charge in [-0.15, -0.1) is 0 Å². The fourth-order valence-corrected chi connectivity index (χ4v) is 6.53. The molecule has 2 aliphatic carbocycles. The van der Waals surface area contributed by atoms with Gasteiger partial charge in [0, 0.05) is 0 Å². The Hall–Kier alpha value is -3.56. The van der Waals surface area contributed by atoms with Crippen molar-refractivity contribution in [1.29, 1.82) is 0 Å². The van der Waals surface area contributed by atoms with Gasteiger partial charge in [-0.1, -0.05) is 106 Å². The van der Waals surface area contributed by atoms with Gasteiger partial charge in [0.05, 0.1) is 12.5 Å². The van der Waals surface area contributed by atoms with E-state index in [1.807, 2.05) is 0 Å². The predicted octanol–water partition coefficient (Wildman–Crippen LogP) is 9.86. The van der Waals surface area contributed by atoms with E-state index in [4.69, 9.17) is 14.2 Å². The van der Waals surface area contributed by atoms with E-state index in [1.165, 1.54) is 65.5 Å². The molecule has 4 aromatic carbocycles. The summed E-state index contributed by atoms with van der Waals surface area (Å²) >= 11 is 0. The first-order valence-electron chi connectivity index (χ1n) is 15.5. The molecule has 6 rings (SSSR count). The van der Waals surface area contributed by atoms with E-state index in [2.05, 4.69) is 111 Å². The lowest BCUT2D eigenvalue weighted by molar-refractivity contribution is -0.0950. The molecular formula is C38H42O3. The number of hydrogen-bond acceptors (Lipinski definition) is 3. The van der Waals surface area contributed by atoms with Crippen LogP contribution in [-0.4, -0.2) is 19.5 Å². The minimum atomic E-state index is -0.480. The number of fused-ring (bicyclic) bond motifs is 3. The molecule has 0 radical (unpaired) electrons. The van der Waals surface area contributed by atoms with E-state index in [9.17, 15) is 0 Å². The highest BCUT2D eigenvalue weighted by molar-refractivity contribution is 5.79. The van der Waals surface area contributed by atoms with Crippen LogP contribution in [-0.2, 0) is 4.74 Å². The van der Waals surface area contributed by atoms with Gasteiger partial charge in [0.2, 0.25) is 6.29 Å². The van der Waals surface area contributed by atoms with Crippen LogP contribution in [0.4, 0.5) is 0 Å². The quantitative estimate of drug-likeness (QED) is 0.138. The topological polar surface area (TPSA) is 27.7 Å². The van der Waals surface area contributed by atoms with Crippen molar-refractivity contribution in [2.45, 2.75) is 76.4 Å². The molecule has 4 aromatic rings. The van der Waals surface area contributed by atoms with Crippen LogP contribution in [0.2, 0.25) is 0 Å². The third-order valence-corrected chi connectivity index (χ3v) is 9.06. The summed E-state index contributed by atoms with van der Waals surface area (Å²) in [5.41, 5.74) is 7.78. The molecule has 0 N–H and O–H groups in total. The summed E-state index contributed by atoms with van der Waals surface area (Å²) in [6, 6.07) is 34.5.